The molecule has 31 heavy (non-hydrogen) atoms. The molecule has 7 nitrogen and oxygen atoms in total. The van der Waals surface area contributed by atoms with Crippen LogP contribution in [-0.2, 0) is 14.2 Å². The molecule has 0 spiro atoms. The van der Waals surface area contributed by atoms with Crippen LogP contribution in [-0.4, -0.2) is 62.5 Å². The van der Waals surface area contributed by atoms with Gasteiger partial charge in [0.1, 0.15) is 18.4 Å². The molecule has 0 fully saturated rings. The predicted octanol–water partition coefficient (Wildman–Crippen LogP) is 4.54. The molecular weight excluding hydrogens is 462 g/mol. The van der Waals surface area contributed by atoms with E-state index in [-0.39, 0.29) is 6.04 Å². The van der Waals surface area contributed by atoms with Crippen LogP contribution in [0.15, 0.2) is 46.9 Å². The smallest absolute Gasteiger partial charge is 0.185 e. The zero-order valence-corrected chi connectivity index (χ0v) is 19.9. The number of hydrogen-bond acceptors (Lipinski definition) is 6. The van der Waals surface area contributed by atoms with E-state index >= 15 is 0 Å². The number of hydrogen-bond donors (Lipinski definition) is 0. The molecule has 0 aliphatic carbocycles. The van der Waals surface area contributed by atoms with Crippen LogP contribution in [0.4, 0.5) is 0 Å². The van der Waals surface area contributed by atoms with E-state index in [1.807, 2.05) is 35.0 Å². The standard InChI is InChI=1S/C23H28BrN3O4/c1-16-9-10-20(24)19(13-16)23-25-22(26-27(23)17(14-29-3)15-30-4)18-7-5-6-8-21(18)31-12-11-28-2/h5-10,13,17H,11-12,14-15H2,1-4H3. The van der Waals surface area contributed by atoms with Gasteiger partial charge in [-0.05, 0) is 31.2 Å². The fourth-order valence-electron chi connectivity index (χ4n) is 3.27. The summed E-state index contributed by atoms with van der Waals surface area (Å²) < 4.78 is 24.7. The van der Waals surface area contributed by atoms with Crippen molar-refractivity contribution in [2.75, 3.05) is 47.8 Å². The number of aryl methyl sites for hydroxylation is 1. The van der Waals surface area contributed by atoms with Gasteiger partial charge >= 0.3 is 0 Å². The molecule has 8 heteroatoms. The van der Waals surface area contributed by atoms with Crippen LogP contribution < -0.4 is 4.74 Å². The molecular formula is C23H28BrN3O4. The summed E-state index contributed by atoms with van der Waals surface area (Å²) in [5.74, 6) is 2.02. The summed E-state index contributed by atoms with van der Waals surface area (Å²) in [5, 5.41) is 4.87. The van der Waals surface area contributed by atoms with Crippen molar-refractivity contribution in [2.24, 2.45) is 0 Å². The van der Waals surface area contributed by atoms with Crippen molar-refractivity contribution in [3.05, 3.63) is 52.5 Å². The molecule has 3 aromatic rings. The number of aromatic nitrogens is 3. The van der Waals surface area contributed by atoms with E-state index in [1.54, 1.807) is 21.3 Å². The second-order valence-electron chi connectivity index (χ2n) is 7.09. The summed E-state index contributed by atoms with van der Waals surface area (Å²) in [6, 6.07) is 13.8. The summed E-state index contributed by atoms with van der Waals surface area (Å²) in [6.07, 6.45) is 0. The molecule has 2 aromatic carbocycles. The molecule has 0 amide bonds. The fraction of sp³-hybridized carbons (Fsp3) is 0.391. The Morgan fingerprint density at radius 3 is 2.39 bits per heavy atom. The van der Waals surface area contributed by atoms with Crippen molar-refractivity contribution < 1.29 is 18.9 Å². The maximum atomic E-state index is 5.91. The van der Waals surface area contributed by atoms with Gasteiger partial charge in [-0.1, -0.05) is 39.7 Å². The number of ether oxygens (including phenoxy) is 4. The normalized spacial score (nSPS) is 11.3. The Morgan fingerprint density at radius 1 is 0.935 bits per heavy atom. The minimum atomic E-state index is -0.139. The monoisotopic (exact) mass is 489 g/mol. The van der Waals surface area contributed by atoms with Gasteiger partial charge in [0.05, 0.1) is 25.4 Å². The topological polar surface area (TPSA) is 67.6 Å². The summed E-state index contributed by atoms with van der Waals surface area (Å²) in [7, 11) is 4.99. The van der Waals surface area contributed by atoms with E-state index in [0.717, 1.165) is 27.0 Å². The van der Waals surface area contributed by atoms with Crippen LogP contribution in [0, 0.1) is 6.92 Å². The van der Waals surface area contributed by atoms with E-state index in [9.17, 15) is 0 Å². The number of halogens is 1. The average Bonchev–Trinajstić information content (AvgIpc) is 3.21. The van der Waals surface area contributed by atoms with Gasteiger partial charge in [-0.15, -0.1) is 5.10 Å². The van der Waals surface area contributed by atoms with Crippen molar-refractivity contribution in [3.8, 4) is 28.5 Å². The lowest BCUT2D eigenvalue weighted by molar-refractivity contribution is 0.0846. The van der Waals surface area contributed by atoms with Crippen molar-refractivity contribution in [3.63, 3.8) is 0 Å². The highest BCUT2D eigenvalue weighted by Crippen LogP contribution is 2.34. The third-order valence-electron chi connectivity index (χ3n) is 4.73. The van der Waals surface area contributed by atoms with Crippen LogP contribution in [0.5, 0.6) is 5.75 Å². The Hall–Kier alpha value is -2.26. The Kier molecular flexibility index (Phi) is 8.60. The Bertz CT molecular complexity index is 987. The third-order valence-corrected chi connectivity index (χ3v) is 5.42. The Labute approximate surface area is 191 Å². The number of para-hydroxylation sites is 1. The zero-order chi connectivity index (χ0) is 22.2. The van der Waals surface area contributed by atoms with Crippen molar-refractivity contribution in [1.29, 1.82) is 0 Å². The molecule has 0 unspecified atom stereocenters. The van der Waals surface area contributed by atoms with Gasteiger partial charge < -0.3 is 18.9 Å². The molecule has 0 radical (unpaired) electrons. The van der Waals surface area contributed by atoms with E-state index in [4.69, 9.17) is 29.0 Å². The largest absolute Gasteiger partial charge is 0.490 e. The molecule has 1 heterocycles. The van der Waals surface area contributed by atoms with Crippen molar-refractivity contribution >= 4 is 15.9 Å². The first kappa shape index (κ1) is 23.4. The molecule has 0 aliphatic rings. The maximum absolute atomic E-state index is 5.91. The predicted molar refractivity (Wildman–Crippen MR) is 123 cm³/mol. The lowest BCUT2D eigenvalue weighted by atomic mass is 10.1. The van der Waals surface area contributed by atoms with Crippen LogP contribution in [0.25, 0.3) is 22.8 Å². The number of methoxy groups -OCH3 is 3. The van der Waals surface area contributed by atoms with Gasteiger partial charge in [-0.25, -0.2) is 9.67 Å². The van der Waals surface area contributed by atoms with Gasteiger partial charge in [0, 0.05) is 31.4 Å². The lowest BCUT2D eigenvalue weighted by Crippen LogP contribution is -2.22. The fourth-order valence-corrected chi connectivity index (χ4v) is 3.70. The molecule has 0 saturated heterocycles. The molecule has 0 atom stereocenters. The average molecular weight is 490 g/mol. The highest BCUT2D eigenvalue weighted by atomic mass is 79.9. The van der Waals surface area contributed by atoms with Crippen molar-refractivity contribution in [2.45, 2.75) is 13.0 Å². The minimum absolute atomic E-state index is 0.139. The first-order valence-corrected chi connectivity index (χ1v) is 10.8. The second-order valence-corrected chi connectivity index (χ2v) is 7.94. The van der Waals surface area contributed by atoms with Gasteiger partial charge in [-0.3, -0.25) is 0 Å². The minimum Gasteiger partial charge on any atom is -0.490 e. The highest BCUT2D eigenvalue weighted by Gasteiger charge is 2.23. The van der Waals surface area contributed by atoms with Crippen LogP contribution in [0.2, 0.25) is 0 Å². The molecule has 0 bridgehead atoms. The van der Waals surface area contributed by atoms with Crippen LogP contribution in [0.1, 0.15) is 11.6 Å². The lowest BCUT2D eigenvalue weighted by Gasteiger charge is -2.18. The van der Waals surface area contributed by atoms with E-state index in [2.05, 4.69) is 35.0 Å². The number of rotatable bonds is 11. The first-order valence-electron chi connectivity index (χ1n) is 10.0. The summed E-state index contributed by atoms with van der Waals surface area (Å²) >= 11 is 3.67. The SMILES string of the molecule is COCCOc1ccccc1-c1nc(-c2cc(C)ccc2Br)n(C(COC)COC)n1. The Balaban J connectivity index is 2.13. The maximum Gasteiger partial charge on any atom is 0.185 e. The quantitative estimate of drug-likeness (QED) is 0.368. The Morgan fingerprint density at radius 2 is 1.68 bits per heavy atom. The van der Waals surface area contributed by atoms with Crippen molar-refractivity contribution in [1.82, 2.24) is 14.8 Å². The third kappa shape index (κ3) is 5.71. The summed E-state index contributed by atoms with van der Waals surface area (Å²) in [5.41, 5.74) is 2.90. The molecule has 0 N–H and O–H groups in total. The molecule has 1 aromatic heterocycles. The molecule has 0 saturated carbocycles. The molecule has 0 aliphatic heterocycles. The van der Waals surface area contributed by atoms with Gasteiger partial charge in [-0.2, -0.15) is 0 Å². The second kappa shape index (κ2) is 11.4. The highest BCUT2D eigenvalue weighted by molar-refractivity contribution is 9.10. The van der Waals surface area contributed by atoms with Crippen LogP contribution >= 0.6 is 15.9 Å². The van der Waals surface area contributed by atoms with Crippen LogP contribution in [0.3, 0.4) is 0 Å². The molecule has 166 valence electrons. The summed E-state index contributed by atoms with van der Waals surface area (Å²) in [6.45, 7) is 3.89. The van der Waals surface area contributed by atoms with E-state index < -0.39 is 0 Å². The van der Waals surface area contributed by atoms with Gasteiger partial charge in [0.25, 0.3) is 0 Å². The number of nitrogens with zero attached hydrogens (tertiary/aromatic N) is 3. The van der Waals surface area contributed by atoms with Gasteiger partial charge in [0.2, 0.25) is 0 Å². The van der Waals surface area contributed by atoms with Gasteiger partial charge in [0.15, 0.2) is 11.6 Å². The summed E-state index contributed by atoms with van der Waals surface area (Å²) in [4.78, 5) is 4.93. The van der Waals surface area contributed by atoms with E-state index in [1.165, 1.54) is 0 Å². The first-order chi connectivity index (χ1) is 15.1. The number of benzene rings is 2. The van der Waals surface area contributed by atoms with E-state index in [0.29, 0.717) is 38.0 Å². The molecule has 3 rings (SSSR count). The zero-order valence-electron chi connectivity index (χ0n) is 18.3.